The van der Waals surface area contributed by atoms with Gasteiger partial charge >= 0.3 is 0 Å². The standard InChI is InChI=1S/C23H21N3O3S/c1-15-24-18-6-3-2-5-16(18)23(28)25(15)12-9-21(27)26-11-8-20-17(10-14-30-20)22(26)19-7-4-13-29-19/h2-7,10,13-14,22H,8-9,11-12H2,1H3. The molecule has 4 aromatic rings. The van der Waals surface area contributed by atoms with Gasteiger partial charge in [0, 0.05) is 24.4 Å². The second-order valence-electron chi connectivity index (χ2n) is 7.44. The highest BCUT2D eigenvalue weighted by atomic mass is 32.1. The number of carbonyl (C=O) groups is 1. The molecule has 1 aliphatic rings. The Bertz CT molecular complexity index is 1270. The Labute approximate surface area is 177 Å². The highest BCUT2D eigenvalue weighted by Gasteiger charge is 2.34. The number of rotatable bonds is 4. The van der Waals surface area contributed by atoms with Crippen LogP contribution in [0.4, 0.5) is 0 Å². The van der Waals surface area contributed by atoms with Crippen LogP contribution < -0.4 is 5.56 Å². The molecule has 0 radical (unpaired) electrons. The van der Waals surface area contributed by atoms with Crippen LogP contribution in [-0.4, -0.2) is 26.9 Å². The predicted molar refractivity (Wildman–Crippen MR) is 116 cm³/mol. The fourth-order valence-corrected chi connectivity index (χ4v) is 5.14. The van der Waals surface area contributed by atoms with Crippen molar-refractivity contribution < 1.29 is 9.21 Å². The van der Waals surface area contributed by atoms with E-state index >= 15 is 0 Å². The van der Waals surface area contributed by atoms with Crippen molar-refractivity contribution in [1.82, 2.24) is 14.5 Å². The molecule has 30 heavy (non-hydrogen) atoms. The summed E-state index contributed by atoms with van der Waals surface area (Å²) in [7, 11) is 0. The summed E-state index contributed by atoms with van der Waals surface area (Å²) >= 11 is 1.72. The molecule has 3 aromatic heterocycles. The van der Waals surface area contributed by atoms with Gasteiger partial charge in [-0.25, -0.2) is 4.98 Å². The third-order valence-corrected chi connectivity index (χ3v) is 6.70. The number of hydrogen-bond acceptors (Lipinski definition) is 5. The smallest absolute Gasteiger partial charge is 0.261 e. The largest absolute Gasteiger partial charge is 0.467 e. The Morgan fingerprint density at radius 1 is 1.23 bits per heavy atom. The van der Waals surface area contributed by atoms with Crippen LogP contribution in [0.2, 0.25) is 0 Å². The second-order valence-corrected chi connectivity index (χ2v) is 8.44. The van der Waals surface area contributed by atoms with Gasteiger partial charge in [-0.3, -0.25) is 14.2 Å². The number of carbonyl (C=O) groups excluding carboxylic acids is 1. The summed E-state index contributed by atoms with van der Waals surface area (Å²) < 4.78 is 7.27. The monoisotopic (exact) mass is 419 g/mol. The number of benzene rings is 1. The second kappa shape index (κ2) is 7.57. The summed E-state index contributed by atoms with van der Waals surface area (Å²) in [5.41, 5.74) is 1.71. The molecule has 0 aliphatic carbocycles. The predicted octanol–water partition coefficient (Wildman–Crippen LogP) is 3.92. The number of thiophene rings is 1. The first-order valence-corrected chi connectivity index (χ1v) is 10.9. The average Bonchev–Trinajstić information content (AvgIpc) is 3.44. The van der Waals surface area contributed by atoms with Crippen LogP contribution in [0, 0.1) is 6.92 Å². The minimum atomic E-state index is -0.213. The lowest BCUT2D eigenvalue weighted by atomic mass is 9.97. The minimum absolute atomic E-state index is 0.00714. The topological polar surface area (TPSA) is 68.3 Å². The Morgan fingerprint density at radius 3 is 2.93 bits per heavy atom. The molecule has 0 bridgehead atoms. The Balaban J connectivity index is 1.42. The van der Waals surface area contributed by atoms with E-state index < -0.39 is 0 Å². The molecule has 0 N–H and O–H groups in total. The maximum atomic E-state index is 13.2. The summed E-state index contributed by atoms with van der Waals surface area (Å²) in [5, 5.41) is 2.64. The van der Waals surface area contributed by atoms with Gasteiger partial charge in [0.1, 0.15) is 17.6 Å². The molecule has 6 nitrogen and oxygen atoms in total. The van der Waals surface area contributed by atoms with Crippen LogP contribution in [0.25, 0.3) is 10.9 Å². The van der Waals surface area contributed by atoms with Crippen LogP contribution in [0.15, 0.2) is 63.3 Å². The third-order valence-electron chi connectivity index (χ3n) is 5.70. The summed E-state index contributed by atoms with van der Waals surface area (Å²) in [6.07, 6.45) is 2.71. The van der Waals surface area contributed by atoms with Gasteiger partial charge in [0.25, 0.3) is 5.56 Å². The van der Waals surface area contributed by atoms with Crippen molar-refractivity contribution in [3.05, 3.63) is 86.5 Å². The molecule has 0 fully saturated rings. The Hall–Kier alpha value is -3.19. The first-order chi connectivity index (χ1) is 14.6. The van der Waals surface area contributed by atoms with E-state index in [-0.39, 0.29) is 23.9 Å². The maximum absolute atomic E-state index is 13.2. The lowest BCUT2D eigenvalue weighted by molar-refractivity contribution is -0.133. The number of fused-ring (bicyclic) bond motifs is 2. The van der Waals surface area contributed by atoms with Gasteiger partial charge < -0.3 is 9.32 Å². The molecule has 1 unspecified atom stereocenters. The molecule has 0 saturated carbocycles. The van der Waals surface area contributed by atoms with E-state index in [4.69, 9.17) is 4.42 Å². The van der Waals surface area contributed by atoms with Gasteiger partial charge in [-0.15, -0.1) is 11.3 Å². The van der Waals surface area contributed by atoms with Gasteiger partial charge in [0.15, 0.2) is 0 Å². The maximum Gasteiger partial charge on any atom is 0.261 e. The lowest BCUT2D eigenvalue weighted by Crippen LogP contribution is -2.40. The molecule has 7 heteroatoms. The van der Waals surface area contributed by atoms with E-state index in [0.717, 1.165) is 17.7 Å². The number of nitrogens with zero attached hydrogens (tertiary/aromatic N) is 3. The van der Waals surface area contributed by atoms with E-state index in [1.807, 2.05) is 42.2 Å². The van der Waals surface area contributed by atoms with E-state index in [1.54, 1.807) is 28.2 Å². The summed E-state index contributed by atoms with van der Waals surface area (Å²) in [5.74, 6) is 1.39. The number of aryl methyl sites for hydroxylation is 1. The molecule has 1 amide bonds. The molecule has 1 aliphatic heterocycles. The van der Waals surface area contributed by atoms with E-state index in [1.165, 1.54) is 4.88 Å². The van der Waals surface area contributed by atoms with E-state index in [9.17, 15) is 9.59 Å². The lowest BCUT2D eigenvalue weighted by Gasteiger charge is -2.35. The number of para-hydroxylation sites is 1. The molecular weight excluding hydrogens is 398 g/mol. The first kappa shape index (κ1) is 18.8. The van der Waals surface area contributed by atoms with E-state index in [2.05, 4.69) is 16.4 Å². The molecule has 5 rings (SSSR count). The van der Waals surface area contributed by atoms with Gasteiger partial charge in [-0.2, -0.15) is 0 Å². The van der Waals surface area contributed by atoms with Crippen molar-refractivity contribution in [2.75, 3.05) is 6.54 Å². The summed E-state index contributed by atoms with van der Waals surface area (Å²) in [6.45, 7) is 2.75. The number of hydrogen-bond donors (Lipinski definition) is 0. The molecule has 152 valence electrons. The van der Waals surface area contributed by atoms with Crippen LogP contribution >= 0.6 is 11.3 Å². The number of amides is 1. The van der Waals surface area contributed by atoms with Crippen molar-refractivity contribution in [2.45, 2.75) is 32.4 Å². The van der Waals surface area contributed by atoms with Gasteiger partial charge in [0.2, 0.25) is 5.91 Å². The third kappa shape index (κ3) is 3.15. The van der Waals surface area contributed by atoms with Crippen LogP contribution in [0.5, 0.6) is 0 Å². The zero-order valence-electron chi connectivity index (χ0n) is 16.6. The van der Waals surface area contributed by atoms with Crippen LogP contribution in [0.1, 0.15) is 34.5 Å². The molecule has 0 saturated heterocycles. The van der Waals surface area contributed by atoms with Crippen molar-refractivity contribution >= 4 is 28.1 Å². The highest BCUT2D eigenvalue weighted by Crippen LogP contribution is 2.38. The zero-order valence-corrected chi connectivity index (χ0v) is 17.4. The zero-order chi connectivity index (χ0) is 20.7. The number of furan rings is 1. The van der Waals surface area contributed by atoms with Crippen molar-refractivity contribution in [1.29, 1.82) is 0 Å². The normalized spacial score (nSPS) is 16.0. The van der Waals surface area contributed by atoms with E-state index in [0.29, 0.717) is 29.8 Å². The van der Waals surface area contributed by atoms with Crippen LogP contribution in [0.3, 0.4) is 0 Å². The first-order valence-electron chi connectivity index (χ1n) is 9.99. The van der Waals surface area contributed by atoms with Gasteiger partial charge in [-0.05, 0) is 54.6 Å². The van der Waals surface area contributed by atoms with Crippen molar-refractivity contribution in [3.8, 4) is 0 Å². The summed E-state index contributed by atoms with van der Waals surface area (Å²) in [6, 6.07) is 12.9. The Kier molecular flexibility index (Phi) is 4.75. The fraction of sp³-hybridized carbons (Fsp3) is 0.261. The molecule has 1 aromatic carbocycles. The summed E-state index contributed by atoms with van der Waals surface area (Å²) in [4.78, 5) is 33.9. The Morgan fingerprint density at radius 2 is 2.10 bits per heavy atom. The van der Waals surface area contributed by atoms with Crippen molar-refractivity contribution in [3.63, 3.8) is 0 Å². The van der Waals surface area contributed by atoms with Gasteiger partial charge in [-0.1, -0.05) is 12.1 Å². The molecular formula is C23H21N3O3S. The fourth-order valence-electron chi connectivity index (χ4n) is 4.23. The molecule has 0 spiro atoms. The molecule has 1 atom stereocenters. The average molecular weight is 420 g/mol. The number of aromatic nitrogens is 2. The molecule has 4 heterocycles. The SMILES string of the molecule is Cc1nc2ccccc2c(=O)n1CCC(=O)N1CCc2sccc2C1c1ccco1. The highest BCUT2D eigenvalue weighted by molar-refractivity contribution is 7.10. The van der Waals surface area contributed by atoms with Crippen LogP contribution in [-0.2, 0) is 17.8 Å². The minimum Gasteiger partial charge on any atom is -0.467 e. The van der Waals surface area contributed by atoms with Crippen molar-refractivity contribution in [2.24, 2.45) is 0 Å². The quantitative estimate of drug-likeness (QED) is 0.503. The van der Waals surface area contributed by atoms with Gasteiger partial charge in [0.05, 0.1) is 17.2 Å².